The lowest BCUT2D eigenvalue weighted by Crippen LogP contribution is -2.34. The lowest BCUT2D eigenvalue weighted by molar-refractivity contribution is -0.695. The lowest BCUT2D eigenvalue weighted by Gasteiger charge is -2.05. The molecule has 0 aliphatic rings. The maximum absolute atomic E-state index is 13.4. The van der Waals surface area contributed by atoms with Crippen molar-refractivity contribution in [2.45, 2.75) is 19.9 Å². The summed E-state index contributed by atoms with van der Waals surface area (Å²) in [4.78, 5) is 11.7. The average molecular weight is 277 g/mol. The first-order valence-corrected chi connectivity index (χ1v) is 6.25. The molecular formula is C15H15F2N2O+. The Labute approximate surface area is 115 Å². The molecular weight excluding hydrogens is 262 g/mol. The van der Waals surface area contributed by atoms with Crippen LogP contribution in [0, 0.1) is 18.6 Å². The monoisotopic (exact) mass is 277 g/mol. The van der Waals surface area contributed by atoms with Gasteiger partial charge in [-0.1, -0.05) is 0 Å². The third-order valence-electron chi connectivity index (χ3n) is 2.86. The zero-order chi connectivity index (χ0) is 14.5. The molecule has 1 aromatic carbocycles. The quantitative estimate of drug-likeness (QED) is 0.856. The van der Waals surface area contributed by atoms with Crippen LogP contribution in [0.25, 0.3) is 0 Å². The van der Waals surface area contributed by atoms with Gasteiger partial charge in [-0.3, -0.25) is 4.79 Å². The molecule has 5 heteroatoms. The van der Waals surface area contributed by atoms with Gasteiger partial charge in [0.15, 0.2) is 18.9 Å². The van der Waals surface area contributed by atoms with Crippen molar-refractivity contribution in [1.82, 2.24) is 0 Å². The van der Waals surface area contributed by atoms with Crippen molar-refractivity contribution < 1.29 is 18.1 Å². The van der Waals surface area contributed by atoms with Crippen LogP contribution in [0.15, 0.2) is 42.7 Å². The predicted molar refractivity (Wildman–Crippen MR) is 71.0 cm³/mol. The fourth-order valence-electron chi connectivity index (χ4n) is 1.72. The van der Waals surface area contributed by atoms with Gasteiger partial charge in [-0.25, -0.2) is 13.3 Å². The molecule has 0 unspecified atom stereocenters. The zero-order valence-corrected chi connectivity index (χ0v) is 11.1. The number of amides is 1. The number of hydrogen-bond donors (Lipinski definition) is 1. The minimum atomic E-state index is -0.777. The van der Waals surface area contributed by atoms with Crippen LogP contribution in [-0.4, -0.2) is 5.91 Å². The van der Waals surface area contributed by atoms with E-state index in [1.54, 1.807) is 0 Å². The highest BCUT2D eigenvalue weighted by Gasteiger charge is 2.10. The molecule has 3 nitrogen and oxygen atoms in total. The Kier molecular flexibility index (Phi) is 4.40. The van der Waals surface area contributed by atoms with Crippen molar-refractivity contribution in [3.63, 3.8) is 0 Å². The molecule has 0 aliphatic heterocycles. The fraction of sp³-hybridized carbons (Fsp3) is 0.200. The van der Waals surface area contributed by atoms with Crippen LogP contribution in [-0.2, 0) is 11.3 Å². The number of aryl methyl sites for hydroxylation is 2. The number of rotatable bonds is 4. The number of carbonyl (C=O) groups is 1. The van der Waals surface area contributed by atoms with Crippen molar-refractivity contribution in [3.05, 3.63) is 59.9 Å². The number of carbonyl (C=O) groups excluding carboxylic acids is 1. The Balaban J connectivity index is 1.90. The molecule has 0 radical (unpaired) electrons. The van der Waals surface area contributed by atoms with Gasteiger partial charge in [-0.2, -0.15) is 0 Å². The van der Waals surface area contributed by atoms with Gasteiger partial charge in [-0.15, -0.1) is 0 Å². The Morgan fingerprint density at radius 1 is 1.20 bits per heavy atom. The highest BCUT2D eigenvalue weighted by Crippen LogP contribution is 2.14. The van der Waals surface area contributed by atoms with Crippen molar-refractivity contribution in [1.29, 1.82) is 0 Å². The second-order valence-corrected chi connectivity index (χ2v) is 4.54. The van der Waals surface area contributed by atoms with Crippen LogP contribution in [0.5, 0.6) is 0 Å². The van der Waals surface area contributed by atoms with Crippen LogP contribution >= 0.6 is 0 Å². The third kappa shape index (κ3) is 3.85. The molecule has 104 valence electrons. The summed E-state index contributed by atoms with van der Waals surface area (Å²) in [5.41, 5.74) is 1.13. The first-order chi connectivity index (χ1) is 9.54. The van der Waals surface area contributed by atoms with E-state index < -0.39 is 11.6 Å². The molecule has 1 heterocycles. The van der Waals surface area contributed by atoms with Crippen molar-refractivity contribution in [2.75, 3.05) is 5.32 Å². The molecule has 1 N–H and O–H groups in total. The Bertz CT molecular complexity index is 612. The normalized spacial score (nSPS) is 10.3. The third-order valence-corrected chi connectivity index (χ3v) is 2.86. The summed E-state index contributed by atoms with van der Waals surface area (Å²) in [5, 5.41) is 2.43. The molecule has 0 aliphatic carbocycles. The molecule has 1 aromatic heterocycles. The molecule has 20 heavy (non-hydrogen) atoms. The molecule has 0 atom stereocenters. The van der Waals surface area contributed by atoms with E-state index in [-0.39, 0.29) is 18.0 Å². The minimum absolute atomic E-state index is 0.00898. The van der Waals surface area contributed by atoms with Crippen molar-refractivity contribution in [2.24, 2.45) is 0 Å². The summed E-state index contributed by atoms with van der Waals surface area (Å²) in [6.45, 7) is 2.48. The van der Waals surface area contributed by atoms with Gasteiger partial charge in [0.2, 0.25) is 5.91 Å². The van der Waals surface area contributed by atoms with E-state index in [0.29, 0.717) is 6.54 Å². The SMILES string of the molecule is Cc1cc[n+](CCC(=O)Nc2ccc(F)cc2F)cc1. The maximum atomic E-state index is 13.4. The van der Waals surface area contributed by atoms with E-state index in [4.69, 9.17) is 0 Å². The number of hydrogen-bond acceptors (Lipinski definition) is 1. The molecule has 0 fully saturated rings. The highest BCUT2D eigenvalue weighted by atomic mass is 19.1. The number of nitrogens with one attached hydrogen (secondary N) is 1. The first kappa shape index (κ1) is 14.1. The van der Waals surface area contributed by atoms with Crippen molar-refractivity contribution >= 4 is 11.6 Å². The molecule has 0 saturated heterocycles. The second kappa shape index (κ2) is 6.23. The van der Waals surface area contributed by atoms with Crippen LogP contribution < -0.4 is 9.88 Å². The summed E-state index contributed by atoms with van der Waals surface area (Å²) in [5.74, 6) is -1.76. The summed E-state index contributed by atoms with van der Waals surface area (Å²) in [6.07, 6.45) is 3.97. The van der Waals surface area contributed by atoms with E-state index >= 15 is 0 Å². The van der Waals surface area contributed by atoms with Crippen LogP contribution in [0.3, 0.4) is 0 Å². The predicted octanol–water partition coefficient (Wildman–Crippen LogP) is 2.59. The van der Waals surface area contributed by atoms with Gasteiger partial charge in [0.1, 0.15) is 11.6 Å². The molecule has 1 amide bonds. The van der Waals surface area contributed by atoms with Gasteiger partial charge in [-0.05, 0) is 24.6 Å². The smallest absolute Gasteiger partial charge is 0.230 e. The zero-order valence-electron chi connectivity index (χ0n) is 11.1. The van der Waals surface area contributed by atoms with Crippen molar-refractivity contribution in [3.8, 4) is 0 Å². The van der Waals surface area contributed by atoms with Gasteiger partial charge in [0, 0.05) is 18.2 Å². The molecule has 0 saturated carbocycles. The van der Waals surface area contributed by atoms with E-state index in [1.807, 2.05) is 36.0 Å². The number of nitrogens with zero attached hydrogens (tertiary/aromatic N) is 1. The Morgan fingerprint density at radius 2 is 1.90 bits per heavy atom. The summed E-state index contributed by atoms with van der Waals surface area (Å²) < 4.78 is 28.0. The van der Waals surface area contributed by atoms with Gasteiger partial charge >= 0.3 is 0 Å². The van der Waals surface area contributed by atoms with E-state index in [9.17, 15) is 13.6 Å². The largest absolute Gasteiger partial charge is 0.323 e. The lowest BCUT2D eigenvalue weighted by atomic mass is 10.2. The summed E-state index contributed by atoms with van der Waals surface area (Å²) in [6, 6.07) is 6.94. The molecule has 0 bridgehead atoms. The standard InChI is InChI=1S/C15H14F2N2O/c1-11-4-7-19(8-5-11)9-6-15(20)18-14-3-2-12(16)10-13(14)17/h2-5,7-8,10H,6,9H2,1H3/p+1. The van der Waals surface area contributed by atoms with Gasteiger partial charge < -0.3 is 5.32 Å². The summed E-state index contributed by atoms with van der Waals surface area (Å²) in [7, 11) is 0. The molecule has 2 rings (SSSR count). The van der Waals surface area contributed by atoms with Crippen LogP contribution in [0.2, 0.25) is 0 Å². The van der Waals surface area contributed by atoms with E-state index in [2.05, 4.69) is 5.32 Å². The van der Waals surface area contributed by atoms with Gasteiger partial charge in [0.05, 0.1) is 12.1 Å². The molecule has 0 spiro atoms. The highest BCUT2D eigenvalue weighted by molar-refractivity contribution is 5.90. The van der Waals surface area contributed by atoms with E-state index in [0.717, 1.165) is 17.7 Å². The number of anilines is 1. The maximum Gasteiger partial charge on any atom is 0.230 e. The number of benzene rings is 1. The number of halogens is 2. The first-order valence-electron chi connectivity index (χ1n) is 6.25. The Hall–Kier alpha value is -2.30. The fourth-order valence-corrected chi connectivity index (χ4v) is 1.72. The number of aromatic nitrogens is 1. The van der Waals surface area contributed by atoms with Gasteiger partial charge in [0.25, 0.3) is 0 Å². The van der Waals surface area contributed by atoms with E-state index in [1.165, 1.54) is 6.07 Å². The topological polar surface area (TPSA) is 33.0 Å². The summed E-state index contributed by atoms with van der Waals surface area (Å²) >= 11 is 0. The van der Waals surface area contributed by atoms with Crippen LogP contribution in [0.4, 0.5) is 14.5 Å². The second-order valence-electron chi connectivity index (χ2n) is 4.54. The average Bonchev–Trinajstić information content (AvgIpc) is 2.41. The number of pyridine rings is 1. The van der Waals surface area contributed by atoms with Crippen LogP contribution in [0.1, 0.15) is 12.0 Å². The Morgan fingerprint density at radius 3 is 2.55 bits per heavy atom. The minimum Gasteiger partial charge on any atom is -0.323 e. The molecule has 2 aromatic rings.